The summed E-state index contributed by atoms with van der Waals surface area (Å²) in [4.78, 5) is 16.4. The molecule has 0 aliphatic rings. The van der Waals surface area contributed by atoms with Gasteiger partial charge in [-0.1, -0.05) is 12.1 Å². The van der Waals surface area contributed by atoms with Gasteiger partial charge in [-0.3, -0.25) is 4.79 Å². The standard InChI is InChI=1S/C19H15N3O2/c23-19(21-12-17-2-1-11-24-17)15-5-3-14(4-6-15)16-7-8-18-20-9-10-22(18)13-16/h1-11,13H,12H2,(H,21,23). The Hall–Kier alpha value is -3.34. The SMILES string of the molecule is O=C(NCc1ccco1)c1ccc(-c2ccc3nccn3c2)cc1. The predicted molar refractivity (Wildman–Crippen MR) is 90.5 cm³/mol. The predicted octanol–water partition coefficient (Wildman–Crippen LogP) is 3.52. The maximum atomic E-state index is 12.2. The van der Waals surface area contributed by atoms with E-state index in [1.165, 1.54) is 0 Å². The van der Waals surface area contributed by atoms with Crippen molar-refractivity contribution >= 4 is 11.6 Å². The largest absolute Gasteiger partial charge is 0.467 e. The van der Waals surface area contributed by atoms with Crippen molar-refractivity contribution in [1.82, 2.24) is 14.7 Å². The second kappa shape index (κ2) is 6.04. The number of aromatic nitrogens is 2. The van der Waals surface area contributed by atoms with Gasteiger partial charge in [-0.2, -0.15) is 0 Å². The first-order chi connectivity index (χ1) is 11.8. The van der Waals surface area contributed by atoms with Crippen LogP contribution in [0.25, 0.3) is 16.8 Å². The molecular weight excluding hydrogens is 302 g/mol. The number of imidazole rings is 1. The van der Waals surface area contributed by atoms with Gasteiger partial charge in [0.05, 0.1) is 12.8 Å². The zero-order valence-electron chi connectivity index (χ0n) is 12.8. The topological polar surface area (TPSA) is 59.5 Å². The van der Waals surface area contributed by atoms with Crippen molar-refractivity contribution in [3.63, 3.8) is 0 Å². The molecule has 0 bridgehead atoms. The number of benzene rings is 1. The molecule has 118 valence electrons. The minimum Gasteiger partial charge on any atom is -0.467 e. The second-order valence-corrected chi connectivity index (χ2v) is 5.45. The Kier molecular flexibility index (Phi) is 3.59. The summed E-state index contributed by atoms with van der Waals surface area (Å²) in [6, 6.07) is 15.2. The molecule has 3 aromatic heterocycles. The van der Waals surface area contributed by atoms with Crippen molar-refractivity contribution in [2.45, 2.75) is 6.54 Å². The molecule has 1 aromatic carbocycles. The molecule has 24 heavy (non-hydrogen) atoms. The molecule has 0 aliphatic heterocycles. The minimum absolute atomic E-state index is 0.122. The number of rotatable bonds is 4. The summed E-state index contributed by atoms with van der Waals surface area (Å²) in [7, 11) is 0. The lowest BCUT2D eigenvalue weighted by atomic mass is 10.1. The first-order valence-corrected chi connectivity index (χ1v) is 7.63. The van der Waals surface area contributed by atoms with Crippen LogP contribution in [-0.2, 0) is 6.54 Å². The van der Waals surface area contributed by atoms with Gasteiger partial charge in [-0.25, -0.2) is 4.98 Å². The Bertz CT molecular complexity index is 969. The lowest BCUT2D eigenvalue weighted by Crippen LogP contribution is -2.22. The smallest absolute Gasteiger partial charge is 0.251 e. The molecule has 0 unspecified atom stereocenters. The maximum absolute atomic E-state index is 12.2. The maximum Gasteiger partial charge on any atom is 0.251 e. The van der Waals surface area contributed by atoms with Gasteiger partial charge in [-0.05, 0) is 47.5 Å². The highest BCUT2D eigenvalue weighted by atomic mass is 16.3. The normalized spacial score (nSPS) is 10.8. The highest BCUT2D eigenvalue weighted by Gasteiger charge is 2.07. The van der Waals surface area contributed by atoms with E-state index in [1.54, 1.807) is 18.5 Å². The molecule has 5 nitrogen and oxygen atoms in total. The Morgan fingerprint density at radius 2 is 1.92 bits per heavy atom. The van der Waals surface area contributed by atoms with Crippen LogP contribution in [0.15, 0.2) is 77.8 Å². The zero-order valence-corrected chi connectivity index (χ0v) is 12.8. The fourth-order valence-electron chi connectivity index (χ4n) is 2.59. The summed E-state index contributed by atoms with van der Waals surface area (Å²) in [6.45, 7) is 0.380. The van der Waals surface area contributed by atoms with E-state index in [9.17, 15) is 4.79 Å². The van der Waals surface area contributed by atoms with Crippen molar-refractivity contribution in [3.05, 3.63) is 84.7 Å². The van der Waals surface area contributed by atoms with E-state index in [1.807, 2.05) is 59.3 Å². The summed E-state index contributed by atoms with van der Waals surface area (Å²) < 4.78 is 7.17. The first kappa shape index (κ1) is 14.3. The van der Waals surface area contributed by atoms with Gasteiger partial charge in [0.1, 0.15) is 11.4 Å². The molecule has 0 saturated heterocycles. The highest BCUT2D eigenvalue weighted by Crippen LogP contribution is 2.20. The Morgan fingerprint density at radius 1 is 1.08 bits per heavy atom. The first-order valence-electron chi connectivity index (χ1n) is 7.63. The van der Waals surface area contributed by atoms with E-state index >= 15 is 0 Å². The van der Waals surface area contributed by atoms with Gasteiger partial charge in [0, 0.05) is 24.2 Å². The number of hydrogen-bond acceptors (Lipinski definition) is 3. The van der Waals surface area contributed by atoms with Crippen LogP contribution in [-0.4, -0.2) is 15.3 Å². The van der Waals surface area contributed by atoms with Crippen molar-refractivity contribution in [3.8, 4) is 11.1 Å². The summed E-state index contributed by atoms with van der Waals surface area (Å²) >= 11 is 0. The van der Waals surface area contributed by atoms with Gasteiger partial charge in [0.25, 0.3) is 5.91 Å². The summed E-state index contributed by atoms with van der Waals surface area (Å²) in [5, 5.41) is 2.84. The van der Waals surface area contributed by atoms with Crippen LogP contribution in [0.3, 0.4) is 0 Å². The number of nitrogens with one attached hydrogen (secondary N) is 1. The molecule has 4 aromatic rings. The van der Waals surface area contributed by atoms with Crippen molar-refractivity contribution < 1.29 is 9.21 Å². The Balaban J connectivity index is 1.50. The molecule has 0 saturated carbocycles. The van der Waals surface area contributed by atoms with Crippen LogP contribution in [0, 0.1) is 0 Å². The molecule has 4 rings (SSSR count). The molecule has 0 spiro atoms. The Labute approximate surface area is 138 Å². The summed E-state index contributed by atoms with van der Waals surface area (Å²) in [6.07, 6.45) is 7.29. The van der Waals surface area contributed by atoms with E-state index in [-0.39, 0.29) is 5.91 Å². The average Bonchev–Trinajstić information content (AvgIpc) is 3.30. The van der Waals surface area contributed by atoms with Gasteiger partial charge in [0.2, 0.25) is 0 Å². The van der Waals surface area contributed by atoms with Crippen LogP contribution in [0.4, 0.5) is 0 Å². The number of fused-ring (bicyclic) bond motifs is 1. The molecular formula is C19H15N3O2. The third-order valence-corrected chi connectivity index (χ3v) is 3.87. The summed E-state index contributed by atoms with van der Waals surface area (Å²) in [5.41, 5.74) is 3.65. The molecule has 1 N–H and O–H groups in total. The summed E-state index contributed by atoms with van der Waals surface area (Å²) in [5.74, 6) is 0.608. The molecule has 1 amide bonds. The van der Waals surface area contributed by atoms with E-state index in [0.29, 0.717) is 12.1 Å². The number of carbonyl (C=O) groups excluding carboxylic acids is 1. The van der Waals surface area contributed by atoms with Crippen molar-refractivity contribution in [2.24, 2.45) is 0 Å². The minimum atomic E-state index is -0.122. The fourth-order valence-corrected chi connectivity index (χ4v) is 2.59. The van der Waals surface area contributed by atoms with E-state index < -0.39 is 0 Å². The van der Waals surface area contributed by atoms with Crippen LogP contribution in [0.1, 0.15) is 16.1 Å². The van der Waals surface area contributed by atoms with E-state index in [2.05, 4.69) is 10.3 Å². The monoisotopic (exact) mass is 317 g/mol. The molecule has 3 heterocycles. The molecule has 0 radical (unpaired) electrons. The van der Waals surface area contributed by atoms with E-state index in [4.69, 9.17) is 4.42 Å². The molecule has 0 atom stereocenters. The average molecular weight is 317 g/mol. The number of amides is 1. The molecule has 0 fully saturated rings. The van der Waals surface area contributed by atoms with E-state index in [0.717, 1.165) is 22.5 Å². The van der Waals surface area contributed by atoms with Crippen LogP contribution < -0.4 is 5.32 Å². The third-order valence-electron chi connectivity index (χ3n) is 3.87. The highest BCUT2D eigenvalue weighted by molar-refractivity contribution is 5.94. The fraction of sp³-hybridized carbons (Fsp3) is 0.0526. The van der Waals surface area contributed by atoms with Crippen LogP contribution in [0.2, 0.25) is 0 Å². The van der Waals surface area contributed by atoms with Crippen molar-refractivity contribution in [2.75, 3.05) is 0 Å². The van der Waals surface area contributed by atoms with Crippen molar-refractivity contribution in [1.29, 1.82) is 0 Å². The van der Waals surface area contributed by atoms with Gasteiger partial charge in [0.15, 0.2) is 0 Å². The van der Waals surface area contributed by atoms with Gasteiger partial charge >= 0.3 is 0 Å². The van der Waals surface area contributed by atoms with Crippen LogP contribution in [0.5, 0.6) is 0 Å². The zero-order chi connectivity index (χ0) is 16.4. The number of carbonyl (C=O) groups is 1. The lowest BCUT2D eigenvalue weighted by molar-refractivity contribution is 0.0948. The second-order valence-electron chi connectivity index (χ2n) is 5.45. The quantitative estimate of drug-likeness (QED) is 0.626. The van der Waals surface area contributed by atoms with Gasteiger partial charge < -0.3 is 14.1 Å². The number of nitrogens with zero attached hydrogens (tertiary/aromatic N) is 2. The number of pyridine rings is 1. The van der Waals surface area contributed by atoms with Gasteiger partial charge in [-0.15, -0.1) is 0 Å². The third kappa shape index (κ3) is 2.79. The number of hydrogen-bond donors (Lipinski definition) is 1. The Morgan fingerprint density at radius 3 is 2.71 bits per heavy atom. The molecule has 0 aliphatic carbocycles. The van der Waals surface area contributed by atoms with Crippen LogP contribution >= 0.6 is 0 Å². The number of furan rings is 1. The lowest BCUT2D eigenvalue weighted by Gasteiger charge is -2.06. The molecule has 5 heteroatoms.